The fraction of sp³-hybridized carbons (Fsp3) is 0.0833. The van der Waals surface area contributed by atoms with E-state index >= 15 is 0 Å². The van der Waals surface area contributed by atoms with E-state index in [1.54, 1.807) is 12.2 Å². The fourth-order valence-electron chi connectivity index (χ4n) is 0.875. The van der Waals surface area contributed by atoms with Gasteiger partial charge >= 0.3 is 0 Å². The average molecular weight is 156 g/mol. The lowest BCUT2D eigenvalue weighted by atomic mass is 10.1. The number of hydrogen-bond acceptors (Lipinski definition) is 0. The predicted octanol–water partition coefficient (Wildman–Crippen LogP) is 3.35. The Hall–Kier alpha value is -1.52. The van der Waals surface area contributed by atoms with Crippen LogP contribution in [0.25, 0.3) is 6.08 Å². The van der Waals surface area contributed by atoms with Crippen LogP contribution >= 0.6 is 0 Å². The summed E-state index contributed by atoms with van der Waals surface area (Å²) in [7, 11) is 0. The standard InChI is InChI=1S/C12H12/c1-3-4-5-6-12-9-7-11(2)8-10-12/h3-4,6-10H,1H2,2H3. The van der Waals surface area contributed by atoms with Crippen LogP contribution < -0.4 is 0 Å². The van der Waals surface area contributed by atoms with E-state index in [1.807, 2.05) is 6.08 Å². The Labute approximate surface area is 73.6 Å². The van der Waals surface area contributed by atoms with E-state index < -0.39 is 0 Å². The quantitative estimate of drug-likeness (QED) is 0.455. The molecule has 0 fully saturated rings. The minimum Gasteiger partial charge on any atom is -0.120 e. The second kappa shape index (κ2) is 4.38. The van der Waals surface area contributed by atoms with Crippen LogP contribution in [-0.4, -0.2) is 0 Å². The molecule has 0 nitrogen and oxygen atoms in total. The molecule has 0 spiro atoms. The summed E-state index contributed by atoms with van der Waals surface area (Å²) in [6.07, 6.45) is 5.44. The van der Waals surface area contributed by atoms with Crippen molar-refractivity contribution in [1.82, 2.24) is 0 Å². The second-order valence-corrected chi connectivity index (χ2v) is 2.62. The van der Waals surface area contributed by atoms with Crippen molar-refractivity contribution in [3.8, 4) is 0 Å². The van der Waals surface area contributed by atoms with E-state index in [2.05, 4.69) is 43.5 Å². The van der Waals surface area contributed by atoms with Crippen molar-refractivity contribution in [1.29, 1.82) is 0 Å². The Morgan fingerprint density at radius 2 is 1.92 bits per heavy atom. The highest BCUT2D eigenvalue weighted by Crippen LogP contribution is 2.03. The Morgan fingerprint density at radius 3 is 2.50 bits per heavy atom. The van der Waals surface area contributed by atoms with Gasteiger partial charge in [-0.1, -0.05) is 42.5 Å². The molecule has 0 N–H and O–H groups in total. The summed E-state index contributed by atoms with van der Waals surface area (Å²) >= 11 is 0. The molecule has 0 aliphatic carbocycles. The molecule has 1 aromatic rings. The van der Waals surface area contributed by atoms with Crippen LogP contribution in [0.4, 0.5) is 0 Å². The Bertz CT molecular complexity index is 308. The van der Waals surface area contributed by atoms with Gasteiger partial charge in [-0.15, -0.1) is 5.73 Å². The summed E-state index contributed by atoms with van der Waals surface area (Å²) in [6, 6.07) is 8.31. The van der Waals surface area contributed by atoms with Gasteiger partial charge in [-0.05, 0) is 24.6 Å². The Morgan fingerprint density at radius 1 is 1.25 bits per heavy atom. The predicted molar refractivity (Wildman–Crippen MR) is 53.9 cm³/mol. The molecule has 0 saturated carbocycles. The van der Waals surface area contributed by atoms with E-state index in [4.69, 9.17) is 0 Å². The van der Waals surface area contributed by atoms with Crippen molar-refractivity contribution in [2.75, 3.05) is 0 Å². The zero-order valence-corrected chi connectivity index (χ0v) is 7.25. The third-order valence-electron chi connectivity index (χ3n) is 1.54. The molecular formula is C12H12. The maximum atomic E-state index is 3.57. The summed E-state index contributed by atoms with van der Waals surface area (Å²) in [5.74, 6) is 0. The van der Waals surface area contributed by atoms with E-state index in [9.17, 15) is 0 Å². The average Bonchev–Trinajstić information content (AvgIpc) is 2.09. The molecule has 0 bridgehead atoms. The van der Waals surface area contributed by atoms with Crippen LogP contribution in [0.2, 0.25) is 0 Å². The van der Waals surface area contributed by atoms with Gasteiger partial charge in [0.1, 0.15) is 0 Å². The topological polar surface area (TPSA) is 0 Å². The van der Waals surface area contributed by atoms with Gasteiger partial charge in [0, 0.05) is 0 Å². The lowest BCUT2D eigenvalue weighted by Gasteiger charge is -1.91. The Balaban J connectivity index is 2.84. The summed E-state index contributed by atoms with van der Waals surface area (Å²) in [5.41, 5.74) is 5.45. The van der Waals surface area contributed by atoms with Gasteiger partial charge < -0.3 is 0 Å². The highest BCUT2D eigenvalue weighted by molar-refractivity contribution is 5.49. The van der Waals surface area contributed by atoms with Gasteiger partial charge in [-0.25, -0.2) is 0 Å². The van der Waals surface area contributed by atoms with Gasteiger partial charge in [-0.3, -0.25) is 0 Å². The molecule has 0 saturated heterocycles. The summed E-state index contributed by atoms with van der Waals surface area (Å²) in [6.45, 7) is 5.64. The molecular weight excluding hydrogens is 144 g/mol. The molecule has 0 amide bonds. The minimum atomic E-state index is 1.17. The number of benzene rings is 1. The molecule has 0 radical (unpaired) electrons. The number of hydrogen-bond donors (Lipinski definition) is 0. The zero-order chi connectivity index (χ0) is 8.81. The normalized spacial score (nSPS) is 8.42. The first-order valence-corrected chi connectivity index (χ1v) is 3.93. The van der Waals surface area contributed by atoms with Crippen LogP contribution in [0.5, 0.6) is 0 Å². The fourth-order valence-corrected chi connectivity index (χ4v) is 0.875. The second-order valence-electron chi connectivity index (χ2n) is 2.62. The first-order chi connectivity index (χ1) is 5.83. The van der Waals surface area contributed by atoms with Crippen LogP contribution in [0.1, 0.15) is 11.1 Å². The molecule has 0 aliphatic heterocycles. The molecule has 0 heterocycles. The summed E-state index contributed by atoms with van der Waals surface area (Å²) in [5, 5.41) is 0. The molecule has 0 heteroatoms. The third-order valence-corrected chi connectivity index (χ3v) is 1.54. The molecule has 60 valence electrons. The van der Waals surface area contributed by atoms with Crippen LogP contribution in [0.15, 0.2) is 48.7 Å². The van der Waals surface area contributed by atoms with Crippen molar-refractivity contribution in [3.05, 3.63) is 59.9 Å². The molecule has 1 aromatic carbocycles. The monoisotopic (exact) mass is 156 g/mol. The number of allylic oxidation sites excluding steroid dienone is 2. The van der Waals surface area contributed by atoms with Crippen LogP contribution in [-0.2, 0) is 0 Å². The van der Waals surface area contributed by atoms with Gasteiger partial charge in [-0.2, -0.15) is 0 Å². The lowest BCUT2D eigenvalue weighted by molar-refractivity contribution is 1.46. The Kier molecular flexibility index (Phi) is 3.13. The third kappa shape index (κ3) is 2.61. The molecule has 1 rings (SSSR count). The zero-order valence-electron chi connectivity index (χ0n) is 7.25. The first-order valence-electron chi connectivity index (χ1n) is 3.93. The van der Waals surface area contributed by atoms with Crippen molar-refractivity contribution < 1.29 is 0 Å². The maximum absolute atomic E-state index is 3.57. The van der Waals surface area contributed by atoms with Crippen molar-refractivity contribution in [2.24, 2.45) is 0 Å². The molecule has 0 unspecified atom stereocenters. The van der Waals surface area contributed by atoms with E-state index in [-0.39, 0.29) is 0 Å². The molecule has 0 aliphatic rings. The van der Waals surface area contributed by atoms with Crippen molar-refractivity contribution in [3.63, 3.8) is 0 Å². The van der Waals surface area contributed by atoms with Gasteiger partial charge in [0.15, 0.2) is 0 Å². The number of rotatable bonds is 2. The maximum Gasteiger partial charge on any atom is -0.0127 e. The van der Waals surface area contributed by atoms with E-state index in [0.717, 1.165) is 0 Å². The van der Waals surface area contributed by atoms with Crippen LogP contribution in [0, 0.1) is 6.92 Å². The van der Waals surface area contributed by atoms with E-state index in [1.165, 1.54) is 11.1 Å². The molecule has 0 atom stereocenters. The lowest BCUT2D eigenvalue weighted by Crippen LogP contribution is -1.71. The van der Waals surface area contributed by atoms with Crippen molar-refractivity contribution >= 4 is 6.08 Å². The number of aryl methyl sites for hydroxylation is 1. The smallest absolute Gasteiger partial charge is 0.0127 e. The first kappa shape index (κ1) is 8.58. The highest BCUT2D eigenvalue weighted by atomic mass is 13.9. The summed E-state index contributed by atoms with van der Waals surface area (Å²) < 4.78 is 0. The van der Waals surface area contributed by atoms with Gasteiger partial charge in [0.2, 0.25) is 0 Å². The molecule has 0 aromatic heterocycles. The summed E-state index contributed by atoms with van der Waals surface area (Å²) in [4.78, 5) is 0. The van der Waals surface area contributed by atoms with Gasteiger partial charge in [0.05, 0.1) is 0 Å². The van der Waals surface area contributed by atoms with E-state index in [0.29, 0.717) is 0 Å². The minimum absolute atomic E-state index is 1.17. The largest absolute Gasteiger partial charge is 0.120 e. The highest BCUT2D eigenvalue weighted by Gasteiger charge is 1.83. The SMILES string of the molecule is C=CC=C=Cc1ccc(C)cc1. The van der Waals surface area contributed by atoms with Gasteiger partial charge in [0.25, 0.3) is 0 Å². The van der Waals surface area contributed by atoms with Crippen LogP contribution in [0.3, 0.4) is 0 Å². The molecule has 12 heavy (non-hydrogen) atoms. The van der Waals surface area contributed by atoms with Crippen molar-refractivity contribution in [2.45, 2.75) is 6.92 Å².